The molecule has 1 aliphatic heterocycles. The van der Waals surface area contributed by atoms with E-state index in [0.29, 0.717) is 18.5 Å². The van der Waals surface area contributed by atoms with E-state index in [1.165, 1.54) is 41.0 Å². The molecule has 0 amide bonds. The van der Waals surface area contributed by atoms with Gasteiger partial charge in [-0.2, -0.15) is 14.8 Å². The van der Waals surface area contributed by atoms with Crippen LogP contribution in [0.4, 0.5) is 0 Å². The molecule has 126 valence electrons. The number of rotatable bonds is 4. The molecule has 1 aromatic heterocycles. The molecule has 1 saturated heterocycles. The highest BCUT2D eigenvalue weighted by atomic mass is 32.2. The number of nitrogens with zero attached hydrogens (tertiary/aromatic N) is 5. The van der Waals surface area contributed by atoms with E-state index in [2.05, 4.69) is 9.97 Å². The van der Waals surface area contributed by atoms with Crippen LogP contribution < -0.4 is 4.74 Å². The van der Waals surface area contributed by atoms with Crippen molar-refractivity contribution >= 4 is 10.0 Å². The van der Waals surface area contributed by atoms with Crippen LogP contribution in [0.15, 0.2) is 41.6 Å². The molecule has 0 aliphatic carbocycles. The molecule has 1 fully saturated rings. The van der Waals surface area contributed by atoms with Gasteiger partial charge in [0.05, 0.1) is 23.1 Å². The summed E-state index contributed by atoms with van der Waals surface area (Å²) >= 11 is 0. The second-order valence-electron chi connectivity index (χ2n) is 5.35. The van der Waals surface area contributed by atoms with Gasteiger partial charge >= 0.3 is 0 Å². The molecule has 8 nitrogen and oxygen atoms in total. The minimum absolute atomic E-state index is 0.0656. The summed E-state index contributed by atoms with van der Waals surface area (Å²) in [6.45, 7) is 0.457. The van der Waals surface area contributed by atoms with Crippen LogP contribution in [0.2, 0.25) is 0 Å². The zero-order valence-corrected chi connectivity index (χ0v) is 13.8. The van der Waals surface area contributed by atoms with Gasteiger partial charge in [-0.15, -0.1) is 0 Å². The topological polar surface area (TPSA) is 120 Å². The predicted molar refractivity (Wildman–Crippen MR) is 85.7 cm³/mol. The first-order valence-electron chi connectivity index (χ1n) is 7.42. The van der Waals surface area contributed by atoms with E-state index in [0.717, 1.165) is 0 Å². The Labute approximate surface area is 145 Å². The van der Waals surface area contributed by atoms with Crippen molar-refractivity contribution in [3.63, 3.8) is 0 Å². The molecule has 1 aromatic carbocycles. The molecule has 0 radical (unpaired) electrons. The fraction of sp³-hybridized carbons (Fsp3) is 0.250. The van der Waals surface area contributed by atoms with Gasteiger partial charge in [0.2, 0.25) is 15.7 Å². The molecule has 0 unspecified atom stereocenters. The van der Waals surface area contributed by atoms with Crippen molar-refractivity contribution in [1.82, 2.24) is 14.3 Å². The zero-order valence-electron chi connectivity index (χ0n) is 13.0. The van der Waals surface area contributed by atoms with Gasteiger partial charge in [0.1, 0.15) is 12.2 Å². The summed E-state index contributed by atoms with van der Waals surface area (Å²) in [5.41, 5.74) is 0.462. The van der Waals surface area contributed by atoms with Crippen molar-refractivity contribution < 1.29 is 13.2 Å². The molecule has 2 aromatic rings. The number of aromatic nitrogens is 2. The van der Waals surface area contributed by atoms with Crippen molar-refractivity contribution in [2.24, 2.45) is 0 Å². The number of ether oxygens (including phenoxy) is 1. The molecular formula is C16H13N5O3S. The van der Waals surface area contributed by atoms with E-state index >= 15 is 0 Å². The summed E-state index contributed by atoms with van der Waals surface area (Å²) in [6.07, 6.45) is 2.88. The number of benzene rings is 1. The third-order valence-electron chi connectivity index (χ3n) is 3.78. The van der Waals surface area contributed by atoms with Crippen LogP contribution in [0.5, 0.6) is 5.88 Å². The zero-order chi connectivity index (χ0) is 17.9. The Bertz CT molecular complexity index is 961. The van der Waals surface area contributed by atoms with Gasteiger partial charge in [0.25, 0.3) is 5.88 Å². The van der Waals surface area contributed by atoms with Gasteiger partial charge in [-0.3, -0.25) is 0 Å². The molecule has 3 rings (SSSR count). The van der Waals surface area contributed by atoms with E-state index in [4.69, 9.17) is 15.3 Å². The van der Waals surface area contributed by atoms with Crippen molar-refractivity contribution in [3.05, 3.63) is 47.9 Å². The van der Waals surface area contributed by atoms with Gasteiger partial charge in [0, 0.05) is 18.9 Å². The maximum atomic E-state index is 12.7. The lowest BCUT2D eigenvalue weighted by molar-refractivity contribution is 0.205. The molecule has 25 heavy (non-hydrogen) atoms. The maximum absolute atomic E-state index is 12.7. The van der Waals surface area contributed by atoms with Gasteiger partial charge < -0.3 is 4.74 Å². The van der Waals surface area contributed by atoms with Crippen molar-refractivity contribution in [3.8, 4) is 18.0 Å². The maximum Gasteiger partial charge on any atom is 0.251 e. The quantitative estimate of drug-likeness (QED) is 0.804. The summed E-state index contributed by atoms with van der Waals surface area (Å²) in [6, 6.07) is 9.61. The van der Waals surface area contributed by atoms with Gasteiger partial charge in [-0.05, 0) is 30.7 Å². The van der Waals surface area contributed by atoms with E-state index in [1.807, 2.05) is 12.1 Å². The Morgan fingerprint density at radius 3 is 2.52 bits per heavy atom. The molecule has 0 saturated carbocycles. The Kier molecular flexibility index (Phi) is 4.61. The second kappa shape index (κ2) is 6.85. The van der Waals surface area contributed by atoms with Crippen LogP contribution in [0.25, 0.3) is 0 Å². The summed E-state index contributed by atoms with van der Waals surface area (Å²) in [7, 11) is -3.66. The van der Waals surface area contributed by atoms with Crippen LogP contribution in [-0.4, -0.2) is 41.9 Å². The van der Waals surface area contributed by atoms with Crippen molar-refractivity contribution in [1.29, 1.82) is 10.5 Å². The van der Waals surface area contributed by atoms with Gasteiger partial charge in [0.15, 0.2) is 0 Å². The highest BCUT2D eigenvalue weighted by Gasteiger charge is 2.34. The first-order valence-corrected chi connectivity index (χ1v) is 8.86. The smallest absolute Gasteiger partial charge is 0.251 e. The third kappa shape index (κ3) is 3.43. The lowest BCUT2D eigenvalue weighted by Gasteiger charge is -2.17. The lowest BCUT2D eigenvalue weighted by Crippen LogP contribution is -2.31. The number of hydrogen-bond donors (Lipinski definition) is 0. The summed E-state index contributed by atoms with van der Waals surface area (Å²) in [5, 5.41) is 17.8. The van der Waals surface area contributed by atoms with Crippen molar-refractivity contribution in [2.75, 3.05) is 13.1 Å². The summed E-state index contributed by atoms with van der Waals surface area (Å²) < 4.78 is 32.3. The van der Waals surface area contributed by atoms with E-state index < -0.39 is 16.1 Å². The molecule has 0 spiro atoms. The second-order valence-corrected chi connectivity index (χ2v) is 7.29. The number of nitriles is 2. The number of sulfonamides is 1. The SMILES string of the molecule is N#Cc1ccc(S(=O)(=O)N2CC[C@H](Oc3nccnc3C#N)C2)cc1. The van der Waals surface area contributed by atoms with Gasteiger partial charge in [-0.1, -0.05) is 0 Å². The summed E-state index contributed by atoms with van der Waals surface area (Å²) in [5.74, 6) is 0.104. The first-order chi connectivity index (χ1) is 12.0. The fourth-order valence-electron chi connectivity index (χ4n) is 2.51. The normalized spacial score (nSPS) is 17.6. The minimum atomic E-state index is -3.66. The van der Waals surface area contributed by atoms with E-state index in [-0.39, 0.29) is 23.0 Å². The minimum Gasteiger partial charge on any atom is -0.471 e. The van der Waals surface area contributed by atoms with Crippen LogP contribution in [0.3, 0.4) is 0 Å². The lowest BCUT2D eigenvalue weighted by atomic mass is 10.2. The highest BCUT2D eigenvalue weighted by Crippen LogP contribution is 2.24. The standard InChI is InChI=1S/C16H13N5O3S/c17-9-12-1-3-14(4-2-12)25(22,23)21-8-5-13(11-21)24-16-15(10-18)19-6-7-20-16/h1-4,6-7,13H,5,8,11H2/t13-/m0/s1. The largest absolute Gasteiger partial charge is 0.471 e. The van der Waals surface area contributed by atoms with Crippen LogP contribution in [0.1, 0.15) is 17.7 Å². The fourth-order valence-corrected chi connectivity index (χ4v) is 4.00. The average Bonchev–Trinajstić information content (AvgIpc) is 3.11. The molecule has 1 aliphatic rings. The molecule has 0 N–H and O–H groups in total. The monoisotopic (exact) mass is 355 g/mol. The average molecular weight is 355 g/mol. The molecule has 9 heteroatoms. The van der Waals surface area contributed by atoms with E-state index in [1.54, 1.807) is 0 Å². The van der Waals surface area contributed by atoms with Crippen LogP contribution >= 0.6 is 0 Å². The van der Waals surface area contributed by atoms with E-state index in [9.17, 15) is 8.42 Å². The van der Waals surface area contributed by atoms with Crippen molar-refractivity contribution in [2.45, 2.75) is 17.4 Å². The van der Waals surface area contributed by atoms with Crippen LogP contribution in [-0.2, 0) is 10.0 Å². The Balaban J connectivity index is 1.73. The predicted octanol–water partition coefficient (Wildman–Crippen LogP) is 1.06. The van der Waals surface area contributed by atoms with Crippen LogP contribution in [0, 0.1) is 22.7 Å². The summed E-state index contributed by atoms with van der Waals surface area (Å²) in [4.78, 5) is 7.96. The first kappa shape index (κ1) is 16.8. The molecule has 0 bridgehead atoms. The Morgan fingerprint density at radius 2 is 1.84 bits per heavy atom. The highest BCUT2D eigenvalue weighted by molar-refractivity contribution is 7.89. The number of hydrogen-bond acceptors (Lipinski definition) is 7. The molecule has 1 atom stereocenters. The molecule has 2 heterocycles. The van der Waals surface area contributed by atoms with Gasteiger partial charge in [-0.25, -0.2) is 18.4 Å². The Hall–Kier alpha value is -3.01. The molecular weight excluding hydrogens is 342 g/mol. The third-order valence-corrected chi connectivity index (χ3v) is 5.66. The Morgan fingerprint density at radius 1 is 1.12 bits per heavy atom.